The average Bonchev–Trinajstić information content (AvgIpc) is 2.80. The predicted molar refractivity (Wildman–Crippen MR) is 135 cm³/mol. The molecule has 11 nitrogen and oxygen atoms in total. The number of hydrogen-bond donors (Lipinski definition) is 4. The lowest BCUT2D eigenvalue weighted by Gasteiger charge is -2.19. The summed E-state index contributed by atoms with van der Waals surface area (Å²) in [5, 5.41) is 20.8. The highest BCUT2D eigenvalue weighted by molar-refractivity contribution is 7.86. The molecule has 1 atom stereocenters. The van der Waals surface area contributed by atoms with Gasteiger partial charge in [-0.1, -0.05) is 23.7 Å². The standard InChI is InChI=1S/C22H17ClF2N4O7S2/c1-10-6-11-7-12(37(31,32)33)8-15(26-22-19(23)13(24)9-17(25)27-22)18(11)21(30)20(10)29-28-14-4-2-3-5-16(14)38(34,35)36/h2-8,13,26,30H,9H2,1H3,(H,31,32,33)(H,34,35,36). The Morgan fingerprint density at radius 3 is 2.42 bits per heavy atom. The Labute approximate surface area is 219 Å². The van der Waals surface area contributed by atoms with E-state index in [9.17, 15) is 39.8 Å². The Morgan fingerprint density at radius 2 is 1.76 bits per heavy atom. The highest BCUT2D eigenvalue weighted by Gasteiger charge is 2.26. The summed E-state index contributed by atoms with van der Waals surface area (Å²) >= 11 is 5.93. The van der Waals surface area contributed by atoms with Gasteiger partial charge in [0.05, 0.1) is 22.0 Å². The second-order valence-electron chi connectivity index (χ2n) is 8.06. The number of benzene rings is 3. The summed E-state index contributed by atoms with van der Waals surface area (Å²) in [6.45, 7) is 1.48. The zero-order valence-electron chi connectivity index (χ0n) is 19.1. The van der Waals surface area contributed by atoms with E-state index in [1.165, 1.54) is 31.2 Å². The lowest BCUT2D eigenvalue weighted by molar-refractivity contribution is 0.390. The molecule has 1 heterocycles. The normalized spacial score (nSPS) is 16.8. The number of aryl methyl sites for hydroxylation is 1. The van der Waals surface area contributed by atoms with E-state index in [-0.39, 0.29) is 33.4 Å². The molecule has 1 aliphatic rings. The number of azo groups is 1. The molecule has 0 saturated carbocycles. The fraction of sp³-hybridized carbons (Fsp3) is 0.136. The quantitative estimate of drug-likeness (QED) is 0.210. The van der Waals surface area contributed by atoms with Crippen LogP contribution in [-0.2, 0) is 20.2 Å². The Bertz CT molecular complexity index is 1790. The van der Waals surface area contributed by atoms with Crippen LogP contribution in [0.15, 0.2) is 78.3 Å². The molecule has 38 heavy (non-hydrogen) atoms. The summed E-state index contributed by atoms with van der Waals surface area (Å²) < 4.78 is 94.0. The van der Waals surface area contributed by atoms with Crippen LogP contribution in [-0.4, -0.2) is 43.2 Å². The number of phenols is 1. The minimum absolute atomic E-state index is 0.0590. The van der Waals surface area contributed by atoms with Crippen LogP contribution in [0.25, 0.3) is 10.8 Å². The topological polar surface area (TPSA) is 178 Å². The van der Waals surface area contributed by atoms with Crippen molar-refractivity contribution in [3.63, 3.8) is 0 Å². The van der Waals surface area contributed by atoms with Gasteiger partial charge in [0.1, 0.15) is 22.4 Å². The van der Waals surface area contributed by atoms with Crippen LogP contribution >= 0.6 is 11.6 Å². The fourth-order valence-corrected chi connectivity index (χ4v) is 5.01. The fourth-order valence-electron chi connectivity index (χ4n) is 3.68. The summed E-state index contributed by atoms with van der Waals surface area (Å²) in [6, 6.07) is 8.43. The SMILES string of the molecule is Cc1cc2cc(S(=O)(=O)O)cc(NC3=C(Cl)C(F)CC(F)=N3)c2c(O)c1N=Nc1ccccc1S(=O)(=O)O. The largest absolute Gasteiger partial charge is 0.505 e. The number of aromatic hydroxyl groups is 1. The maximum Gasteiger partial charge on any atom is 0.296 e. The molecule has 0 spiro atoms. The molecule has 4 N–H and O–H groups in total. The molecule has 0 aliphatic carbocycles. The zero-order valence-corrected chi connectivity index (χ0v) is 21.5. The third-order valence-corrected chi connectivity index (χ3v) is 7.53. The highest BCUT2D eigenvalue weighted by Crippen LogP contribution is 2.44. The predicted octanol–water partition coefficient (Wildman–Crippen LogP) is 5.69. The van der Waals surface area contributed by atoms with E-state index >= 15 is 0 Å². The molecule has 0 radical (unpaired) electrons. The van der Waals surface area contributed by atoms with Gasteiger partial charge in [-0.25, -0.2) is 9.38 Å². The molecular weight excluding hydrogens is 570 g/mol. The van der Waals surface area contributed by atoms with Crippen LogP contribution in [0.4, 0.5) is 25.8 Å². The molecule has 16 heteroatoms. The summed E-state index contributed by atoms with van der Waals surface area (Å²) in [5.74, 6) is -2.18. The maximum absolute atomic E-state index is 14.1. The lowest BCUT2D eigenvalue weighted by atomic mass is 10.0. The number of alkyl halides is 1. The van der Waals surface area contributed by atoms with Crippen molar-refractivity contribution in [2.45, 2.75) is 29.3 Å². The van der Waals surface area contributed by atoms with Crippen LogP contribution in [0.5, 0.6) is 5.75 Å². The van der Waals surface area contributed by atoms with Crippen LogP contribution in [0, 0.1) is 6.92 Å². The third-order valence-electron chi connectivity index (χ3n) is 5.38. The van der Waals surface area contributed by atoms with Crippen LogP contribution in [0.1, 0.15) is 12.0 Å². The number of halogens is 3. The first kappa shape index (κ1) is 27.5. The van der Waals surface area contributed by atoms with Gasteiger partial charge in [0, 0.05) is 5.39 Å². The summed E-state index contributed by atoms with van der Waals surface area (Å²) in [6.07, 6.45) is -2.63. The summed E-state index contributed by atoms with van der Waals surface area (Å²) in [4.78, 5) is 2.36. The van der Waals surface area contributed by atoms with E-state index in [1.54, 1.807) is 0 Å². The van der Waals surface area contributed by atoms with Crippen molar-refractivity contribution in [1.29, 1.82) is 0 Å². The van der Waals surface area contributed by atoms with Gasteiger partial charge in [0.2, 0.25) is 0 Å². The summed E-state index contributed by atoms with van der Waals surface area (Å²) in [5.41, 5.74) is -0.454. The number of rotatable bonds is 6. The summed E-state index contributed by atoms with van der Waals surface area (Å²) in [7, 11) is -9.42. The van der Waals surface area contributed by atoms with Crippen LogP contribution in [0.2, 0.25) is 0 Å². The van der Waals surface area contributed by atoms with Crippen LogP contribution in [0.3, 0.4) is 0 Å². The molecular formula is C22H17ClF2N4O7S2. The smallest absolute Gasteiger partial charge is 0.296 e. The van der Waals surface area contributed by atoms with E-state index in [2.05, 4.69) is 20.5 Å². The Hall–Kier alpha value is -3.50. The van der Waals surface area contributed by atoms with E-state index < -0.39 is 65.2 Å². The van der Waals surface area contributed by atoms with Gasteiger partial charge in [0.15, 0.2) is 17.5 Å². The van der Waals surface area contributed by atoms with Gasteiger partial charge in [-0.2, -0.15) is 21.2 Å². The second kappa shape index (κ2) is 9.99. The van der Waals surface area contributed by atoms with Crippen molar-refractivity contribution in [3.05, 3.63) is 58.9 Å². The number of hydrogen-bond acceptors (Lipinski definition) is 9. The molecule has 0 fully saturated rings. The maximum atomic E-state index is 14.1. The van der Waals surface area contributed by atoms with Crippen molar-refractivity contribution >= 4 is 65.6 Å². The molecule has 1 unspecified atom stereocenters. The van der Waals surface area contributed by atoms with E-state index in [1.807, 2.05) is 0 Å². The number of phenolic OH excluding ortho intramolecular Hbond substituents is 1. The van der Waals surface area contributed by atoms with Gasteiger partial charge < -0.3 is 10.4 Å². The molecule has 1 aliphatic heterocycles. The molecule has 0 bridgehead atoms. The Balaban J connectivity index is 1.95. The third kappa shape index (κ3) is 5.51. The van der Waals surface area contributed by atoms with Crippen molar-refractivity contribution in [2.75, 3.05) is 5.32 Å². The molecule has 0 saturated heterocycles. The van der Waals surface area contributed by atoms with Crippen molar-refractivity contribution in [1.82, 2.24) is 0 Å². The first-order valence-corrected chi connectivity index (χ1v) is 13.7. The number of nitrogens with zero attached hydrogens (tertiary/aromatic N) is 3. The Morgan fingerprint density at radius 1 is 1.08 bits per heavy atom. The zero-order chi connectivity index (χ0) is 28.0. The van der Waals surface area contributed by atoms with Crippen molar-refractivity contribution < 1.29 is 39.8 Å². The Kier molecular flexibility index (Phi) is 7.24. The number of nitrogens with one attached hydrogen (secondary N) is 1. The molecule has 0 aromatic heterocycles. The minimum atomic E-state index is -4.77. The van der Waals surface area contributed by atoms with Gasteiger partial charge in [-0.3, -0.25) is 9.11 Å². The van der Waals surface area contributed by atoms with Gasteiger partial charge in [-0.05, 0) is 48.2 Å². The lowest BCUT2D eigenvalue weighted by Crippen LogP contribution is -2.17. The number of anilines is 1. The highest BCUT2D eigenvalue weighted by atomic mass is 35.5. The number of allylic oxidation sites excluding steroid dienone is 1. The number of fused-ring (bicyclic) bond motifs is 1. The molecule has 3 aromatic rings. The first-order chi connectivity index (χ1) is 17.7. The molecule has 0 amide bonds. The van der Waals surface area contributed by atoms with Gasteiger partial charge >= 0.3 is 0 Å². The average molecular weight is 587 g/mol. The van der Waals surface area contributed by atoms with E-state index in [0.29, 0.717) is 0 Å². The van der Waals surface area contributed by atoms with E-state index in [0.717, 1.165) is 18.2 Å². The van der Waals surface area contributed by atoms with Gasteiger partial charge in [0.25, 0.3) is 20.2 Å². The van der Waals surface area contributed by atoms with Crippen molar-refractivity contribution in [2.24, 2.45) is 15.2 Å². The molecule has 200 valence electrons. The van der Waals surface area contributed by atoms with Crippen LogP contribution < -0.4 is 5.32 Å². The molecule has 3 aromatic carbocycles. The van der Waals surface area contributed by atoms with E-state index in [4.69, 9.17) is 11.6 Å². The molecule has 4 rings (SSSR count). The first-order valence-electron chi connectivity index (χ1n) is 10.5. The van der Waals surface area contributed by atoms with Crippen molar-refractivity contribution in [3.8, 4) is 5.75 Å². The van der Waals surface area contributed by atoms with Gasteiger partial charge in [-0.15, -0.1) is 10.2 Å². The number of aliphatic imine (C=N–C) groups is 1. The monoisotopic (exact) mass is 586 g/mol. The second-order valence-corrected chi connectivity index (χ2v) is 11.3. The minimum Gasteiger partial charge on any atom is -0.505 e.